The van der Waals surface area contributed by atoms with Gasteiger partial charge >= 0.3 is 0 Å². The summed E-state index contributed by atoms with van der Waals surface area (Å²) in [6.45, 7) is 2.62. The lowest BCUT2D eigenvalue weighted by atomic mass is 10.2. The van der Waals surface area contributed by atoms with Crippen LogP contribution >= 0.6 is 10.7 Å². The second-order valence-electron chi connectivity index (χ2n) is 3.87. The van der Waals surface area contributed by atoms with E-state index in [0.717, 1.165) is 5.56 Å². The Labute approximate surface area is 116 Å². The zero-order chi connectivity index (χ0) is 13.9. The van der Waals surface area contributed by atoms with Crippen LogP contribution in [0.3, 0.4) is 0 Å². The van der Waals surface area contributed by atoms with Crippen LogP contribution in [-0.4, -0.2) is 18.2 Å². The zero-order valence-corrected chi connectivity index (χ0v) is 11.9. The molecule has 2 aromatic rings. The van der Waals surface area contributed by atoms with Gasteiger partial charge < -0.3 is 4.74 Å². The summed E-state index contributed by atoms with van der Waals surface area (Å²) < 4.78 is 29.8. The maximum atomic E-state index is 11.4. The van der Waals surface area contributed by atoms with E-state index in [2.05, 4.69) is 5.10 Å². The summed E-state index contributed by atoms with van der Waals surface area (Å²) in [7, 11) is 1.49. The summed E-state index contributed by atoms with van der Waals surface area (Å²) in [4.78, 5) is -0.105. The van der Waals surface area contributed by atoms with Crippen LogP contribution in [0.4, 0.5) is 0 Å². The van der Waals surface area contributed by atoms with E-state index in [9.17, 15) is 8.42 Å². The van der Waals surface area contributed by atoms with Crippen LogP contribution < -0.4 is 4.74 Å². The van der Waals surface area contributed by atoms with Gasteiger partial charge in [0.15, 0.2) is 4.90 Å². The van der Waals surface area contributed by atoms with Crippen molar-refractivity contribution in [2.45, 2.75) is 25.0 Å². The molecule has 2 rings (SSSR count). The van der Waals surface area contributed by atoms with Gasteiger partial charge in [-0.05, 0) is 12.5 Å². The molecule has 0 N–H and O–H groups in total. The minimum Gasteiger partial charge on any atom is -0.471 e. The van der Waals surface area contributed by atoms with Gasteiger partial charge in [0.05, 0.1) is 0 Å². The van der Waals surface area contributed by atoms with Crippen molar-refractivity contribution < 1.29 is 13.2 Å². The van der Waals surface area contributed by atoms with Gasteiger partial charge in [0.2, 0.25) is 0 Å². The van der Waals surface area contributed by atoms with E-state index in [0.29, 0.717) is 6.54 Å². The van der Waals surface area contributed by atoms with Crippen molar-refractivity contribution in [2.24, 2.45) is 0 Å². The molecule has 0 amide bonds. The number of hydrogen-bond acceptors (Lipinski definition) is 4. The van der Waals surface area contributed by atoms with Crippen LogP contribution in [0.25, 0.3) is 0 Å². The number of rotatable bonds is 5. The smallest absolute Gasteiger partial charge is 0.268 e. The maximum Gasteiger partial charge on any atom is 0.268 e. The van der Waals surface area contributed by atoms with Crippen LogP contribution in [-0.2, 0) is 22.2 Å². The van der Waals surface area contributed by atoms with Gasteiger partial charge in [-0.25, -0.2) is 8.42 Å². The summed E-state index contributed by atoms with van der Waals surface area (Å²) >= 11 is 0. The van der Waals surface area contributed by atoms with Crippen molar-refractivity contribution in [3.63, 3.8) is 0 Å². The lowest BCUT2D eigenvalue weighted by Gasteiger charge is -2.04. The van der Waals surface area contributed by atoms with Crippen molar-refractivity contribution in [3.05, 3.63) is 42.1 Å². The number of benzene rings is 1. The van der Waals surface area contributed by atoms with Crippen molar-refractivity contribution in [1.82, 2.24) is 9.78 Å². The molecule has 0 fully saturated rings. The van der Waals surface area contributed by atoms with E-state index in [-0.39, 0.29) is 17.4 Å². The van der Waals surface area contributed by atoms with E-state index in [1.807, 2.05) is 37.3 Å². The molecule has 0 unspecified atom stereocenters. The number of aromatic nitrogens is 2. The highest BCUT2D eigenvalue weighted by Gasteiger charge is 2.21. The molecular formula is C12H13ClN2O3S. The third kappa shape index (κ3) is 3.48. The SMILES string of the molecule is CCn1cc(S(=O)(=O)Cl)c(OCc2ccccc2)n1. The number of nitrogens with zero attached hydrogens (tertiary/aromatic N) is 2. The normalized spacial score (nSPS) is 11.5. The lowest BCUT2D eigenvalue weighted by molar-refractivity contribution is 0.283. The van der Waals surface area contributed by atoms with Crippen LogP contribution in [0, 0.1) is 0 Å². The van der Waals surface area contributed by atoms with Crippen molar-refractivity contribution in [2.75, 3.05) is 0 Å². The third-order valence-electron chi connectivity index (χ3n) is 2.50. The van der Waals surface area contributed by atoms with Crippen LogP contribution in [0.5, 0.6) is 5.88 Å². The molecule has 0 saturated carbocycles. The van der Waals surface area contributed by atoms with Gasteiger partial charge in [-0.3, -0.25) is 4.68 Å². The summed E-state index contributed by atoms with van der Waals surface area (Å²) in [6.07, 6.45) is 1.36. The molecule has 0 atom stereocenters. The van der Waals surface area contributed by atoms with E-state index in [4.69, 9.17) is 15.4 Å². The molecule has 1 aromatic heterocycles. The number of halogens is 1. The number of ether oxygens (including phenoxy) is 1. The molecule has 0 aliphatic carbocycles. The molecule has 1 heterocycles. The minimum absolute atomic E-state index is 0.0284. The molecule has 0 spiro atoms. The van der Waals surface area contributed by atoms with Crippen molar-refractivity contribution in [3.8, 4) is 5.88 Å². The van der Waals surface area contributed by atoms with Crippen molar-refractivity contribution in [1.29, 1.82) is 0 Å². The standard InChI is InChI=1S/C12H13ClN2O3S/c1-2-15-8-11(19(13,16)17)12(14-15)18-9-10-6-4-3-5-7-10/h3-8H,2,9H2,1H3. The first kappa shape index (κ1) is 13.9. The molecule has 0 aliphatic rings. The average molecular weight is 301 g/mol. The first-order chi connectivity index (χ1) is 9.00. The van der Waals surface area contributed by atoms with Crippen LogP contribution in [0.15, 0.2) is 41.4 Å². The average Bonchev–Trinajstić information content (AvgIpc) is 2.81. The van der Waals surface area contributed by atoms with Gasteiger partial charge in [-0.2, -0.15) is 0 Å². The number of hydrogen-bond donors (Lipinski definition) is 0. The Morgan fingerprint density at radius 3 is 2.58 bits per heavy atom. The molecule has 0 radical (unpaired) electrons. The Morgan fingerprint density at radius 2 is 2.00 bits per heavy atom. The fourth-order valence-corrected chi connectivity index (χ4v) is 2.41. The van der Waals surface area contributed by atoms with Gasteiger partial charge in [0, 0.05) is 23.4 Å². The predicted octanol–water partition coefficient (Wildman–Crippen LogP) is 2.41. The highest BCUT2D eigenvalue weighted by Crippen LogP contribution is 2.26. The van der Waals surface area contributed by atoms with Gasteiger partial charge in [-0.1, -0.05) is 30.3 Å². The Bertz CT molecular complexity index is 653. The van der Waals surface area contributed by atoms with Gasteiger partial charge in [0.1, 0.15) is 6.61 Å². The summed E-state index contributed by atoms with van der Waals surface area (Å²) in [5.74, 6) is 0.0284. The molecule has 19 heavy (non-hydrogen) atoms. The van der Waals surface area contributed by atoms with E-state index in [1.165, 1.54) is 10.9 Å². The number of aryl methyl sites for hydroxylation is 1. The lowest BCUT2D eigenvalue weighted by Crippen LogP contribution is -2.00. The monoisotopic (exact) mass is 300 g/mol. The first-order valence-electron chi connectivity index (χ1n) is 5.69. The summed E-state index contributed by atoms with van der Waals surface area (Å²) in [6, 6.07) is 9.41. The molecule has 0 saturated heterocycles. The van der Waals surface area contributed by atoms with E-state index >= 15 is 0 Å². The molecule has 102 valence electrons. The quantitative estimate of drug-likeness (QED) is 0.796. The summed E-state index contributed by atoms with van der Waals surface area (Å²) in [5, 5.41) is 4.04. The minimum atomic E-state index is -3.86. The molecule has 0 aliphatic heterocycles. The molecule has 1 aromatic carbocycles. The van der Waals surface area contributed by atoms with E-state index in [1.54, 1.807) is 0 Å². The fourth-order valence-electron chi connectivity index (χ4n) is 1.54. The Morgan fingerprint density at radius 1 is 1.32 bits per heavy atom. The third-order valence-corrected chi connectivity index (χ3v) is 3.81. The van der Waals surface area contributed by atoms with E-state index < -0.39 is 9.05 Å². The predicted molar refractivity (Wildman–Crippen MR) is 71.7 cm³/mol. The molecule has 7 heteroatoms. The van der Waals surface area contributed by atoms with Crippen LogP contribution in [0.1, 0.15) is 12.5 Å². The zero-order valence-electron chi connectivity index (χ0n) is 10.3. The Balaban J connectivity index is 2.22. The Hall–Kier alpha value is -1.53. The van der Waals surface area contributed by atoms with Gasteiger partial charge in [-0.15, -0.1) is 5.10 Å². The fraction of sp³-hybridized carbons (Fsp3) is 0.250. The summed E-state index contributed by atoms with van der Waals surface area (Å²) in [5.41, 5.74) is 0.923. The van der Waals surface area contributed by atoms with Crippen molar-refractivity contribution >= 4 is 19.7 Å². The van der Waals surface area contributed by atoms with Gasteiger partial charge in [0.25, 0.3) is 14.9 Å². The maximum absolute atomic E-state index is 11.4. The first-order valence-corrected chi connectivity index (χ1v) is 8.00. The highest BCUT2D eigenvalue weighted by molar-refractivity contribution is 8.13. The molecule has 0 bridgehead atoms. The highest BCUT2D eigenvalue weighted by atomic mass is 35.7. The van der Waals surface area contributed by atoms with Crippen LogP contribution in [0.2, 0.25) is 0 Å². The topological polar surface area (TPSA) is 61.2 Å². The second-order valence-corrected chi connectivity index (χ2v) is 6.40. The second kappa shape index (κ2) is 5.63. The Kier molecular flexibility index (Phi) is 4.11. The largest absolute Gasteiger partial charge is 0.471 e. The molecule has 5 nitrogen and oxygen atoms in total. The molecular weight excluding hydrogens is 288 g/mol.